The third-order valence-electron chi connectivity index (χ3n) is 11.3. The van der Waals surface area contributed by atoms with Crippen LogP contribution in [0.5, 0.6) is 17.2 Å². The molecule has 0 bridgehead atoms. The average molecular weight is 742 g/mol. The number of aromatic hydroxyl groups is 1. The number of rotatable bonds is 15. The second-order valence-corrected chi connectivity index (χ2v) is 15.3. The molecule has 0 aromatic heterocycles. The van der Waals surface area contributed by atoms with E-state index in [1.807, 2.05) is 36.4 Å². The van der Waals surface area contributed by atoms with Crippen LogP contribution < -0.4 is 14.8 Å². The van der Waals surface area contributed by atoms with Crippen molar-refractivity contribution in [3.05, 3.63) is 125 Å². The molecule has 8 rings (SSSR count). The number of allylic oxidation sites excluding steroid dienone is 1. The van der Waals surface area contributed by atoms with Gasteiger partial charge in [-0.2, -0.15) is 0 Å². The van der Waals surface area contributed by atoms with Gasteiger partial charge >= 0.3 is 0 Å². The van der Waals surface area contributed by atoms with Crippen LogP contribution in [0.4, 0.5) is 0 Å². The maximum absolute atomic E-state index is 12.9. The normalized spacial score (nSPS) is 19.5. The van der Waals surface area contributed by atoms with Crippen LogP contribution in [-0.2, 0) is 27.3 Å². The number of amides is 3. The highest BCUT2D eigenvalue weighted by molar-refractivity contribution is 6.05. The van der Waals surface area contributed by atoms with Gasteiger partial charge in [-0.05, 0) is 102 Å². The van der Waals surface area contributed by atoms with Crippen LogP contribution >= 0.6 is 0 Å². The molecule has 4 aliphatic rings. The van der Waals surface area contributed by atoms with Gasteiger partial charge in [-0.15, -0.1) is 0 Å². The van der Waals surface area contributed by atoms with Crippen molar-refractivity contribution in [2.75, 3.05) is 39.5 Å². The minimum atomic E-state index is -0.626. The molecule has 3 aliphatic heterocycles. The van der Waals surface area contributed by atoms with Crippen molar-refractivity contribution in [1.82, 2.24) is 15.1 Å². The number of hydrogen-bond acceptors (Lipinski definition) is 8. The lowest BCUT2D eigenvalue weighted by atomic mass is 9.62. The molecular formula is C45H47N3O7. The minimum absolute atomic E-state index is 0.188. The first-order chi connectivity index (χ1) is 26.8. The summed E-state index contributed by atoms with van der Waals surface area (Å²) in [5.74, 6) is 0.943. The highest BCUT2D eigenvalue weighted by Crippen LogP contribution is 2.49. The Morgan fingerprint density at radius 1 is 0.855 bits per heavy atom. The summed E-state index contributed by atoms with van der Waals surface area (Å²) in [4.78, 5) is 40.8. The number of nitrogens with zero attached hydrogens (tertiary/aromatic N) is 2. The number of nitrogens with one attached hydrogen (secondary N) is 1. The first kappa shape index (κ1) is 36.5. The Morgan fingerprint density at radius 3 is 2.36 bits per heavy atom. The Balaban J connectivity index is 0.719. The van der Waals surface area contributed by atoms with E-state index >= 15 is 0 Å². The van der Waals surface area contributed by atoms with Crippen LogP contribution in [-0.4, -0.2) is 84.2 Å². The Bertz CT molecular complexity index is 2030. The van der Waals surface area contributed by atoms with Crippen LogP contribution in [0.25, 0.3) is 11.6 Å². The maximum Gasteiger partial charge on any atom is 0.255 e. The second kappa shape index (κ2) is 16.1. The van der Waals surface area contributed by atoms with Gasteiger partial charge in [-0.3, -0.25) is 24.6 Å². The van der Waals surface area contributed by atoms with Crippen LogP contribution in [0, 0.1) is 5.41 Å². The van der Waals surface area contributed by atoms with Crippen LogP contribution in [0.15, 0.2) is 97.1 Å². The molecule has 1 aliphatic carbocycles. The quantitative estimate of drug-likeness (QED) is 0.0833. The highest BCUT2D eigenvalue weighted by atomic mass is 16.5. The Labute approximate surface area is 321 Å². The van der Waals surface area contributed by atoms with Gasteiger partial charge in [-0.25, -0.2) is 0 Å². The van der Waals surface area contributed by atoms with Gasteiger partial charge in [0.05, 0.1) is 12.7 Å². The Morgan fingerprint density at radius 2 is 1.60 bits per heavy atom. The summed E-state index contributed by atoms with van der Waals surface area (Å²) in [6.45, 7) is 4.95. The monoisotopic (exact) mass is 741 g/mol. The fraction of sp³-hybridized carbons (Fsp3) is 0.356. The van der Waals surface area contributed by atoms with Crippen LogP contribution in [0.3, 0.4) is 0 Å². The molecule has 4 aromatic carbocycles. The molecule has 3 fully saturated rings. The number of phenolic OH excluding ortho intramolecular Hbond substituents is 1. The Kier molecular flexibility index (Phi) is 10.7. The molecule has 0 radical (unpaired) electrons. The average Bonchev–Trinajstić information content (AvgIpc) is 3.49. The molecule has 1 saturated carbocycles. The number of likely N-dealkylation sites (tertiary alicyclic amines) is 1. The molecule has 2 N–H and O–H groups in total. The number of hydrogen-bond donors (Lipinski definition) is 2. The summed E-state index contributed by atoms with van der Waals surface area (Å²) in [7, 11) is 0. The summed E-state index contributed by atoms with van der Waals surface area (Å²) in [5, 5.41) is 12.0. The number of phenols is 1. The molecular weight excluding hydrogens is 695 g/mol. The number of ether oxygens (including phenoxy) is 3. The zero-order valence-corrected chi connectivity index (χ0v) is 31.0. The van der Waals surface area contributed by atoms with E-state index in [1.165, 1.54) is 16.7 Å². The topological polar surface area (TPSA) is 118 Å². The van der Waals surface area contributed by atoms with Gasteiger partial charge in [-0.1, -0.05) is 60.7 Å². The molecule has 2 saturated heterocycles. The number of piperidine rings is 1. The van der Waals surface area contributed by atoms with Crippen molar-refractivity contribution in [3.8, 4) is 17.2 Å². The second-order valence-electron chi connectivity index (χ2n) is 15.3. The van der Waals surface area contributed by atoms with Crippen LogP contribution in [0.1, 0.15) is 64.7 Å². The predicted octanol–water partition coefficient (Wildman–Crippen LogP) is 6.27. The lowest BCUT2D eigenvalue weighted by molar-refractivity contribution is -0.154. The van der Waals surface area contributed by atoms with Gasteiger partial charge in [0.15, 0.2) is 0 Å². The van der Waals surface area contributed by atoms with E-state index in [0.717, 1.165) is 62.2 Å². The number of imide groups is 1. The third kappa shape index (κ3) is 8.61. The largest absolute Gasteiger partial charge is 0.508 e. The molecule has 1 spiro atoms. The fourth-order valence-corrected chi connectivity index (χ4v) is 8.41. The third-order valence-corrected chi connectivity index (χ3v) is 11.3. The fourth-order valence-electron chi connectivity index (χ4n) is 8.41. The number of carbonyl (C=O) groups is 3. The molecule has 3 heterocycles. The molecule has 55 heavy (non-hydrogen) atoms. The lowest BCUT2D eigenvalue weighted by Gasteiger charge is -2.58. The first-order valence-corrected chi connectivity index (χ1v) is 19.3. The molecule has 10 heteroatoms. The standard InChI is InChI=1S/C45H47N3O7/c49-36-12-7-31(8-13-36)6-11-34(33-4-2-1-3-5-33)24-32-9-14-37(15-10-32)53-21-20-47-29-45(30-47)26-39(27-45)55-23-22-54-38-16-17-40-35(25-38)28-48(44(40)52)41-18-19-42(50)46-43(41)51/h1-5,7-10,12-17,24-25,39,41,49H,6,11,18-23,26-30H2,(H,46,50,51)/b34-24-. The van der Waals surface area contributed by atoms with Gasteiger partial charge < -0.3 is 24.2 Å². The van der Waals surface area contributed by atoms with Gasteiger partial charge in [0, 0.05) is 43.6 Å². The first-order valence-electron chi connectivity index (χ1n) is 19.3. The number of carbonyl (C=O) groups excluding carboxylic acids is 3. The number of aryl methyl sites for hydroxylation is 1. The van der Waals surface area contributed by atoms with E-state index in [2.05, 4.69) is 52.7 Å². The molecule has 10 nitrogen and oxygen atoms in total. The van der Waals surface area contributed by atoms with Crippen molar-refractivity contribution in [1.29, 1.82) is 0 Å². The molecule has 4 aromatic rings. The number of benzene rings is 4. The summed E-state index contributed by atoms with van der Waals surface area (Å²) in [6.07, 6.45) is 7.00. The molecule has 1 atom stereocenters. The summed E-state index contributed by atoms with van der Waals surface area (Å²) < 4.78 is 18.2. The van der Waals surface area contributed by atoms with Gasteiger partial charge in [0.1, 0.15) is 36.5 Å². The van der Waals surface area contributed by atoms with Crippen molar-refractivity contribution in [2.45, 2.75) is 57.2 Å². The zero-order chi connectivity index (χ0) is 37.8. The van der Waals surface area contributed by atoms with Crippen LogP contribution in [0.2, 0.25) is 0 Å². The smallest absolute Gasteiger partial charge is 0.255 e. The van der Waals surface area contributed by atoms with Crippen molar-refractivity contribution < 1.29 is 33.7 Å². The maximum atomic E-state index is 12.9. The SMILES string of the molecule is O=C1CCC(N2Cc3cc(OCCOC4CC5(C4)CN(CCOc4ccc(/C=C(/CCc6ccc(O)cc6)c6ccccc6)cc4)C5)ccc3C2=O)C(=O)N1. The van der Waals surface area contributed by atoms with E-state index in [1.54, 1.807) is 29.2 Å². The van der Waals surface area contributed by atoms with Gasteiger partial charge in [0.2, 0.25) is 11.8 Å². The lowest BCUT2D eigenvalue weighted by Crippen LogP contribution is -2.64. The summed E-state index contributed by atoms with van der Waals surface area (Å²) in [5.41, 5.74) is 6.57. The van der Waals surface area contributed by atoms with Crippen molar-refractivity contribution >= 4 is 29.4 Å². The van der Waals surface area contributed by atoms with Crippen molar-refractivity contribution in [2.24, 2.45) is 5.41 Å². The van der Waals surface area contributed by atoms with Gasteiger partial charge in [0.25, 0.3) is 5.91 Å². The Hall–Kier alpha value is -5.45. The minimum Gasteiger partial charge on any atom is -0.508 e. The predicted molar refractivity (Wildman–Crippen MR) is 209 cm³/mol. The molecule has 1 unspecified atom stereocenters. The number of fused-ring (bicyclic) bond motifs is 1. The molecule has 284 valence electrons. The molecule has 3 amide bonds. The highest BCUT2D eigenvalue weighted by Gasteiger charge is 2.52. The van der Waals surface area contributed by atoms with E-state index < -0.39 is 11.9 Å². The van der Waals surface area contributed by atoms with E-state index in [4.69, 9.17) is 14.2 Å². The van der Waals surface area contributed by atoms with E-state index in [-0.39, 0.29) is 30.1 Å². The zero-order valence-electron chi connectivity index (χ0n) is 31.0. The van der Waals surface area contributed by atoms with E-state index in [0.29, 0.717) is 49.5 Å². The van der Waals surface area contributed by atoms with Crippen molar-refractivity contribution in [3.63, 3.8) is 0 Å². The summed E-state index contributed by atoms with van der Waals surface area (Å²) >= 11 is 0. The summed E-state index contributed by atoms with van der Waals surface area (Å²) in [6, 6.07) is 31.0. The van der Waals surface area contributed by atoms with E-state index in [9.17, 15) is 19.5 Å².